The summed E-state index contributed by atoms with van der Waals surface area (Å²) in [4.78, 5) is 17.8. The Bertz CT molecular complexity index is 939. The van der Waals surface area contributed by atoms with Crippen LogP contribution in [0.4, 0.5) is 0 Å². The molecule has 3 aliphatic carbocycles. The van der Waals surface area contributed by atoms with E-state index >= 15 is 0 Å². The number of aromatic nitrogens is 2. The maximum Gasteiger partial charge on any atom is 0.140 e. The zero-order valence-electron chi connectivity index (χ0n) is 17.1. The second-order valence-electron chi connectivity index (χ2n) is 9.19. The Kier molecular flexibility index (Phi) is 4.30. The highest BCUT2D eigenvalue weighted by Crippen LogP contribution is 2.51. The number of carbonyl (C=O) groups excluding carboxylic acids is 1. The Hall–Kier alpha value is -2.16. The number of benzene rings is 1. The Morgan fingerprint density at radius 3 is 2.68 bits per heavy atom. The molecule has 3 aliphatic rings. The van der Waals surface area contributed by atoms with Crippen molar-refractivity contribution in [1.29, 1.82) is 0 Å². The number of Topliss-reactive ketones (excluding diaryl/α,β-unsaturated/α-hetero) is 1. The lowest BCUT2D eigenvalue weighted by Crippen LogP contribution is -2.47. The molecule has 1 aromatic heterocycles. The molecule has 5 rings (SSSR count). The van der Waals surface area contributed by atoms with Crippen LogP contribution in [0.5, 0.6) is 0 Å². The molecule has 1 heterocycles. The van der Waals surface area contributed by atoms with Crippen molar-refractivity contribution in [3.8, 4) is 5.69 Å². The van der Waals surface area contributed by atoms with E-state index < -0.39 is 0 Å². The number of hydrogen-bond acceptors (Lipinski definition) is 2. The van der Waals surface area contributed by atoms with Gasteiger partial charge in [0.25, 0.3) is 0 Å². The molecule has 28 heavy (non-hydrogen) atoms. The largest absolute Gasteiger partial charge is 0.299 e. The van der Waals surface area contributed by atoms with E-state index in [1.807, 2.05) is 0 Å². The third-order valence-electron chi connectivity index (χ3n) is 7.62. The van der Waals surface area contributed by atoms with E-state index in [1.54, 1.807) is 0 Å². The van der Waals surface area contributed by atoms with Gasteiger partial charge in [-0.1, -0.05) is 38.1 Å². The zero-order chi connectivity index (χ0) is 19.3. The second kappa shape index (κ2) is 6.72. The first kappa shape index (κ1) is 17.9. The molecule has 0 amide bonds. The summed E-state index contributed by atoms with van der Waals surface area (Å²) in [7, 11) is 0. The zero-order valence-corrected chi connectivity index (χ0v) is 17.1. The molecule has 146 valence electrons. The summed E-state index contributed by atoms with van der Waals surface area (Å²) in [5.41, 5.74) is 5.30. The van der Waals surface area contributed by atoms with Crippen LogP contribution in [0.3, 0.4) is 0 Å². The first-order valence-corrected chi connectivity index (χ1v) is 11.0. The number of para-hydroxylation sites is 1. The fourth-order valence-electron chi connectivity index (χ4n) is 5.98. The third-order valence-corrected chi connectivity index (χ3v) is 7.62. The van der Waals surface area contributed by atoms with Gasteiger partial charge >= 0.3 is 0 Å². The fraction of sp³-hybridized carbons (Fsp3) is 0.520. The van der Waals surface area contributed by atoms with E-state index in [0.717, 1.165) is 37.9 Å². The monoisotopic (exact) mass is 374 g/mol. The summed E-state index contributed by atoms with van der Waals surface area (Å²) in [6.45, 7) is 4.52. The van der Waals surface area contributed by atoms with Crippen LogP contribution in [0.15, 0.2) is 36.4 Å². The highest BCUT2D eigenvalue weighted by atomic mass is 16.1. The molecular formula is C25H30N2O. The summed E-state index contributed by atoms with van der Waals surface area (Å²) in [5.74, 6) is 2.19. The molecule has 3 atom stereocenters. The standard InChI is InChI=1S/C25H30N2O/c1-17-20-13-14-21-23(25(20,2)16-15-22(17)28)26-24(18-9-5-3-6-10-18)27(21)19-11-7-4-8-12-19/h4,7-9,11-12,17,20H,3,5-6,10,13-16H2,1-2H3/t17-,20-,25-/m1/s1. The van der Waals surface area contributed by atoms with Crippen molar-refractivity contribution in [2.24, 2.45) is 11.8 Å². The molecule has 0 unspecified atom stereocenters. The molecule has 0 N–H and O–H groups in total. The maximum absolute atomic E-state index is 12.4. The summed E-state index contributed by atoms with van der Waals surface area (Å²) >= 11 is 0. The van der Waals surface area contributed by atoms with E-state index in [-0.39, 0.29) is 11.3 Å². The van der Waals surface area contributed by atoms with Gasteiger partial charge in [0.2, 0.25) is 0 Å². The van der Waals surface area contributed by atoms with Crippen LogP contribution in [0, 0.1) is 11.8 Å². The van der Waals surface area contributed by atoms with Gasteiger partial charge in [0, 0.05) is 29.1 Å². The minimum Gasteiger partial charge on any atom is -0.299 e. The van der Waals surface area contributed by atoms with E-state index in [1.165, 1.54) is 35.5 Å². The molecule has 0 saturated heterocycles. The Balaban J connectivity index is 1.71. The molecule has 1 aromatic carbocycles. The number of imidazole rings is 1. The van der Waals surface area contributed by atoms with Crippen molar-refractivity contribution >= 4 is 11.4 Å². The molecule has 3 nitrogen and oxygen atoms in total. The van der Waals surface area contributed by atoms with Gasteiger partial charge < -0.3 is 0 Å². The van der Waals surface area contributed by atoms with Crippen molar-refractivity contribution in [3.63, 3.8) is 0 Å². The highest BCUT2D eigenvalue weighted by Gasteiger charge is 2.50. The average Bonchev–Trinajstić information content (AvgIpc) is 3.13. The van der Waals surface area contributed by atoms with Crippen LogP contribution in [-0.4, -0.2) is 15.3 Å². The van der Waals surface area contributed by atoms with E-state index in [9.17, 15) is 4.79 Å². The molecule has 0 spiro atoms. The first-order chi connectivity index (χ1) is 13.6. The fourth-order valence-corrected chi connectivity index (χ4v) is 5.98. The summed E-state index contributed by atoms with van der Waals surface area (Å²) in [6, 6.07) is 10.7. The van der Waals surface area contributed by atoms with Crippen molar-refractivity contribution in [2.45, 2.75) is 70.6 Å². The SMILES string of the molecule is C[C@H]1C(=O)CC[C@@]2(C)c3nc(C4=CCCCC4)n(-c4ccccc4)c3CC[C@H]12. The van der Waals surface area contributed by atoms with E-state index in [4.69, 9.17) is 4.98 Å². The van der Waals surface area contributed by atoms with Gasteiger partial charge in [-0.15, -0.1) is 0 Å². The summed E-state index contributed by atoms with van der Waals surface area (Å²) in [6.07, 6.45) is 11.0. The van der Waals surface area contributed by atoms with Crippen LogP contribution in [0.1, 0.15) is 76.0 Å². The smallest absolute Gasteiger partial charge is 0.140 e. The lowest BCUT2D eigenvalue weighted by atomic mass is 9.57. The van der Waals surface area contributed by atoms with Crippen LogP contribution in [0.2, 0.25) is 0 Å². The first-order valence-electron chi connectivity index (χ1n) is 11.0. The maximum atomic E-state index is 12.4. The minimum atomic E-state index is 0.0188. The molecule has 0 bridgehead atoms. The predicted molar refractivity (Wildman–Crippen MR) is 113 cm³/mol. The normalized spacial score (nSPS) is 29.8. The van der Waals surface area contributed by atoms with Crippen LogP contribution >= 0.6 is 0 Å². The van der Waals surface area contributed by atoms with Gasteiger partial charge in [-0.2, -0.15) is 0 Å². The third kappa shape index (κ3) is 2.62. The number of ketones is 1. The van der Waals surface area contributed by atoms with E-state index in [0.29, 0.717) is 18.1 Å². The molecular weight excluding hydrogens is 344 g/mol. The Labute approximate surface area is 167 Å². The molecule has 2 aromatic rings. The number of nitrogens with zero attached hydrogens (tertiary/aromatic N) is 2. The minimum absolute atomic E-state index is 0.0188. The Morgan fingerprint density at radius 1 is 1.11 bits per heavy atom. The van der Waals surface area contributed by atoms with Crippen LogP contribution < -0.4 is 0 Å². The van der Waals surface area contributed by atoms with E-state index in [2.05, 4.69) is 54.8 Å². The van der Waals surface area contributed by atoms with Gasteiger partial charge in [0.15, 0.2) is 0 Å². The lowest BCUT2D eigenvalue weighted by Gasteiger charge is -2.46. The van der Waals surface area contributed by atoms with Crippen molar-refractivity contribution in [3.05, 3.63) is 53.6 Å². The van der Waals surface area contributed by atoms with Gasteiger partial charge in [-0.25, -0.2) is 4.98 Å². The topological polar surface area (TPSA) is 34.9 Å². The summed E-state index contributed by atoms with van der Waals surface area (Å²) < 4.78 is 2.44. The lowest BCUT2D eigenvalue weighted by molar-refractivity contribution is -0.128. The summed E-state index contributed by atoms with van der Waals surface area (Å²) in [5, 5.41) is 0. The Morgan fingerprint density at radius 2 is 1.93 bits per heavy atom. The predicted octanol–water partition coefficient (Wildman–Crippen LogP) is 5.65. The number of fused-ring (bicyclic) bond motifs is 3. The van der Waals surface area contributed by atoms with Crippen LogP contribution in [0.25, 0.3) is 11.3 Å². The van der Waals surface area contributed by atoms with Gasteiger partial charge in [-0.3, -0.25) is 9.36 Å². The molecule has 3 heteroatoms. The number of carbonyl (C=O) groups is 1. The van der Waals surface area contributed by atoms with Crippen LogP contribution in [-0.2, 0) is 16.6 Å². The molecule has 0 aliphatic heterocycles. The quantitative estimate of drug-likeness (QED) is 0.681. The van der Waals surface area contributed by atoms with Gasteiger partial charge in [0.05, 0.1) is 5.69 Å². The van der Waals surface area contributed by atoms with Crippen molar-refractivity contribution in [2.75, 3.05) is 0 Å². The van der Waals surface area contributed by atoms with Gasteiger partial charge in [0.1, 0.15) is 11.6 Å². The second-order valence-corrected chi connectivity index (χ2v) is 9.19. The van der Waals surface area contributed by atoms with Crippen molar-refractivity contribution in [1.82, 2.24) is 9.55 Å². The number of hydrogen-bond donors (Lipinski definition) is 0. The highest BCUT2D eigenvalue weighted by molar-refractivity contribution is 5.82. The molecule has 1 fully saturated rings. The average molecular weight is 375 g/mol. The van der Waals surface area contributed by atoms with Crippen molar-refractivity contribution < 1.29 is 4.79 Å². The molecule has 1 saturated carbocycles. The number of rotatable bonds is 2. The van der Waals surface area contributed by atoms with Gasteiger partial charge in [-0.05, 0) is 68.6 Å². The number of allylic oxidation sites excluding steroid dienone is 2. The molecule has 0 radical (unpaired) electrons.